The highest BCUT2D eigenvalue weighted by molar-refractivity contribution is 9.10. The van der Waals surface area contributed by atoms with Gasteiger partial charge in [0.15, 0.2) is 0 Å². The van der Waals surface area contributed by atoms with Gasteiger partial charge in [-0.2, -0.15) is 0 Å². The first kappa shape index (κ1) is 14.0. The van der Waals surface area contributed by atoms with Crippen molar-refractivity contribution in [2.45, 2.75) is 19.9 Å². The van der Waals surface area contributed by atoms with Crippen molar-refractivity contribution in [3.8, 4) is 11.4 Å². The van der Waals surface area contributed by atoms with E-state index in [1.807, 2.05) is 24.3 Å². The van der Waals surface area contributed by atoms with Crippen LogP contribution in [0, 0.1) is 0 Å². The molecule has 0 unspecified atom stereocenters. The number of halogens is 1. The molecule has 2 N–H and O–H groups in total. The number of aromatic nitrogens is 2. The van der Waals surface area contributed by atoms with Crippen molar-refractivity contribution >= 4 is 15.9 Å². The zero-order chi connectivity index (χ0) is 13.7. The maximum Gasteiger partial charge on any atom is 0.251 e. The van der Waals surface area contributed by atoms with Gasteiger partial charge in [0.2, 0.25) is 0 Å². The van der Waals surface area contributed by atoms with E-state index < -0.39 is 0 Å². The number of hydrogen-bond acceptors (Lipinski definition) is 3. The topological polar surface area (TPSA) is 57.8 Å². The average Bonchev–Trinajstić information content (AvgIpc) is 2.39. The third kappa shape index (κ3) is 4.01. The van der Waals surface area contributed by atoms with Crippen LogP contribution in [0.1, 0.15) is 19.0 Å². The van der Waals surface area contributed by atoms with Crippen LogP contribution in [0.15, 0.2) is 39.6 Å². The van der Waals surface area contributed by atoms with Crippen LogP contribution < -0.4 is 10.9 Å². The smallest absolute Gasteiger partial charge is 0.251 e. The highest BCUT2D eigenvalue weighted by atomic mass is 79.9. The molecule has 0 spiro atoms. The summed E-state index contributed by atoms with van der Waals surface area (Å²) < 4.78 is 0.999. The molecule has 0 aliphatic carbocycles. The minimum Gasteiger partial charge on any atom is -0.311 e. The van der Waals surface area contributed by atoms with Gasteiger partial charge in [-0.25, -0.2) is 4.98 Å². The van der Waals surface area contributed by atoms with Crippen LogP contribution in [0.5, 0.6) is 0 Å². The van der Waals surface area contributed by atoms with Gasteiger partial charge in [-0.1, -0.05) is 35.0 Å². The van der Waals surface area contributed by atoms with Gasteiger partial charge in [0.1, 0.15) is 5.82 Å². The Balaban J connectivity index is 2.25. The summed E-state index contributed by atoms with van der Waals surface area (Å²) in [6.07, 6.45) is 1.06. The van der Waals surface area contributed by atoms with Gasteiger partial charge in [0.25, 0.3) is 5.56 Å². The number of nitrogens with one attached hydrogen (secondary N) is 2. The maximum atomic E-state index is 11.7. The summed E-state index contributed by atoms with van der Waals surface area (Å²) in [7, 11) is 0. The third-order valence-electron chi connectivity index (χ3n) is 2.65. The Morgan fingerprint density at radius 2 is 2.05 bits per heavy atom. The Labute approximate surface area is 120 Å². The SMILES string of the molecule is CCCNCc1cc(=O)[nH]c(-c2ccc(Br)cc2)n1. The third-order valence-corrected chi connectivity index (χ3v) is 3.17. The molecule has 0 atom stereocenters. The Kier molecular flexibility index (Phi) is 4.87. The normalized spacial score (nSPS) is 10.6. The highest BCUT2D eigenvalue weighted by Gasteiger charge is 2.04. The van der Waals surface area contributed by atoms with Crippen molar-refractivity contribution in [3.05, 3.63) is 50.9 Å². The van der Waals surface area contributed by atoms with Gasteiger partial charge in [-0.3, -0.25) is 4.79 Å². The molecule has 0 saturated carbocycles. The van der Waals surface area contributed by atoms with E-state index in [1.54, 1.807) is 0 Å². The molecule has 5 heteroatoms. The van der Waals surface area contributed by atoms with Crippen LogP contribution in [0.4, 0.5) is 0 Å². The predicted octanol–water partition coefficient (Wildman–Crippen LogP) is 2.70. The van der Waals surface area contributed by atoms with Crippen LogP contribution in [-0.2, 0) is 6.54 Å². The summed E-state index contributed by atoms with van der Waals surface area (Å²) in [5, 5.41) is 3.24. The van der Waals surface area contributed by atoms with E-state index in [4.69, 9.17) is 0 Å². The quantitative estimate of drug-likeness (QED) is 0.832. The van der Waals surface area contributed by atoms with Gasteiger partial charge in [-0.15, -0.1) is 0 Å². The summed E-state index contributed by atoms with van der Waals surface area (Å²) in [6.45, 7) is 3.63. The minimum absolute atomic E-state index is 0.124. The molecule has 1 aromatic heterocycles. The van der Waals surface area contributed by atoms with Crippen LogP contribution in [-0.4, -0.2) is 16.5 Å². The predicted molar refractivity (Wildman–Crippen MR) is 80.0 cm³/mol. The maximum absolute atomic E-state index is 11.7. The van der Waals surface area contributed by atoms with Crippen molar-refractivity contribution in [3.63, 3.8) is 0 Å². The second-order valence-electron chi connectivity index (χ2n) is 4.27. The van der Waals surface area contributed by atoms with Crippen molar-refractivity contribution in [2.75, 3.05) is 6.54 Å². The lowest BCUT2D eigenvalue weighted by Gasteiger charge is -2.05. The number of nitrogens with zero attached hydrogens (tertiary/aromatic N) is 1. The van der Waals surface area contributed by atoms with Crippen LogP contribution in [0.25, 0.3) is 11.4 Å². The monoisotopic (exact) mass is 321 g/mol. The number of hydrogen-bond donors (Lipinski definition) is 2. The van der Waals surface area contributed by atoms with E-state index in [-0.39, 0.29) is 5.56 Å². The number of benzene rings is 1. The van der Waals surface area contributed by atoms with Gasteiger partial charge in [-0.05, 0) is 25.1 Å². The second-order valence-corrected chi connectivity index (χ2v) is 5.18. The fourth-order valence-corrected chi connectivity index (χ4v) is 2.00. The molecule has 1 aromatic carbocycles. The van der Waals surface area contributed by atoms with E-state index in [0.29, 0.717) is 12.4 Å². The summed E-state index contributed by atoms with van der Waals surface area (Å²) in [5.74, 6) is 0.605. The standard InChI is InChI=1S/C14H16BrN3O/c1-2-7-16-9-12-8-13(19)18-14(17-12)10-3-5-11(15)6-4-10/h3-6,8,16H,2,7,9H2,1H3,(H,17,18,19). The van der Waals surface area contributed by atoms with Gasteiger partial charge >= 0.3 is 0 Å². The molecule has 0 aliphatic heterocycles. The summed E-state index contributed by atoms with van der Waals surface area (Å²) in [5.41, 5.74) is 1.54. The second kappa shape index (κ2) is 6.63. The van der Waals surface area contributed by atoms with E-state index in [2.05, 4.69) is 38.1 Å². The molecular formula is C14H16BrN3O. The molecule has 0 saturated heterocycles. The van der Waals surface area contributed by atoms with Crippen LogP contribution in [0.2, 0.25) is 0 Å². The first-order valence-electron chi connectivity index (χ1n) is 6.26. The number of aromatic amines is 1. The number of rotatable bonds is 5. The van der Waals surface area contributed by atoms with Crippen LogP contribution in [0.3, 0.4) is 0 Å². The molecular weight excluding hydrogens is 306 g/mol. The van der Waals surface area contributed by atoms with Gasteiger partial charge < -0.3 is 10.3 Å². The molecule has 0 fully saturated rings. The van der Waals surface area contributed by atoms with Gasteiger partial charge in [0.05, 0.1) is 5.69 Å². The summed E-state index contributed by atoms with van der Waals surface area (Å²) >= 11 is 3.39. The Morgan fingerprint density at radius 3 is 2.74 bits per heavy atom. The lowest BCUT2D eigenvalue weighted by atomic mass is 10.2. The van der Waals surface area contributed by atoms with E-state index in [9.17, 15) is 4.79 Å². The molecule has 1 heterocycles. The molecule has 0 bridgehead atoms. The Morgan fingerprint density at radius 1 is 1.32 bits per heavy atom. The van der Waals surface area contributed by atoms with E-state index in [1.165, 1.54) is 6.07 Å². The fourth-order valence-electron chi connectivity index (χ4n) is 1.74. The Bertz CT molecular complexity index is 592. The molecule has 4 nitrogen and oxygen atoms in total. The molecule has 0 amide bonds. The molecule has 0 radical (unpaired) electrons. The summed E-state index contributed by atoms with van der Waals surface area (Å²) in [6, 6.07) is 9.23. The lowest BCUT2D eigenvalue weighted by molar-refractivity contribution is 0.662. The molecule has 100 valence electrons. The van der Waals surface area contributed by atoms with E-state index >= 15 is 0 Å². The van der Waals surface area contributed by atoms with Crippen molar-refractivity contribution in [1.82, 2.24) is 15.3 Å². The molecule has 2 aromatic rings. The summed E-state index contributed by atoms with van der Waals surface area (Å²) in [4.78, 5) is 18.9. The Hall–Kier alpha value is -1.46. The number of H-pyrrole nitrogens is 1. The first-order chi connectivity index (χ1) is 9.19. The van der Waals surface area contributed by atoms with Crippen molar-refractivity contribution in [1.29, 1.82) is 0 Å². The van der Waals surface area contributed by atoms with Gasteiger partial charge in [0, 0.05) is 22.6 Å². The van der Waals surface area contributed by atoms with E-state index in [0.717, 1.165) is 28.7 Å². The highest BCUT2D eigenvalue weighted by Crippen LogP contribution is 2.17. The largest absolute Gasteiger partial charge is 0.311 e. The lowest BCUT2D eigenvalue weighted by Crippen LogP contribution is -2.18. The zero-order valence-electron chi connectivity index (χ0n) is 10.7. The fraction of sp³-hybridized carbons (Fsp3) is 0.286. The first-order valence-corrected chi connectivity index (χ1v) is 7.05. The van der Waals surface area contributed by atoms with Crippen LogP contribution >= 0.6 is 15.9 Å². The average molecular weight is 322 g/mol. The minimum atomic E-state index is -0.124. The molecule has 2 rings (SSSR count). The molecule has 19 heavy (non-hydrogen) atoms. The van der Waals surface area contributed by atoms with Crippen molar-refractivity contribution < 1.29 is 0 Å². The molecule has 0 aliphatic rings. The zero-order valence-corrected chi connectivity index (χ0v) is 12.3. The van der Waals surface area contributed by atoms with Crippen molar-refractivity contribution in [2.24, 2.45) is 0 Å².